The van der Waals surface area contributed by atoms with Gasteiger partial charge >= 0.3 is 6.01 Å². The van der Waals surface area contributed by atoms with E-state index in [1.54, 1.807) is 10.7 Å². The van der Waals surface area contributed by atoms with Gasteiger partial charge in [-0.1, -0.05) is 39.2 Å². The van der Waals surface area contributed by atoms with E-state index in [0.29, 0.717) is 18.5 Å². The van der Waals surface area contributed by atoms with Gasteiger partial charge in [0.05, 0.1) is 18.5 Å². The Bertz CT molecular complexity index is 1090. The number of aromatic nitrogens is 5. The van der Waals surface area contributed by atoms with Gasteiger partial charge < -0.3 is 20.5 Å². The number of pyridine rings is 1. The third kappa shape index (κ3) is 5.41. The lowest BCUT2D eigenvalue weighted by molar-refractivity contribution is 0.0975. The third-order valence-electron chi connectivity index (χ3n) is 6.63. The Kier molecular flexibility index (Phi) is 7.82. The fourth-order valence-electron chi connectivity index (χ4n) is 4.86. The lowest BCUT2D eigenvalue weighted by Crippen LogP contribution is -2.34. The number of imidazole rings is 1. The lowest BCUT2D eigenvalue weighted by Gasteiger charge is -2.33. The van der Waals surface area contributed by atoms with Gasteiger partial charge in [0, 0.05) is 25.7 Å². The van der Waals surface area contributed by atoms with Crippen molar-refractivity contribution in [3.8, 4) is 6.01 Å². The Balaban J connectivity index is 1.50. The first-order valence-electron chi connectivity index (χ1n) is 12.5. The number of aryl methyl sites for hydroxylation is 1. The number of nitrogens with zero attached hydrogens (tertiary/aromatic N) is 6. The van der Waals surface area contributed by atoms with Crippen LogP contribution in [-0.2, 0) is 6.42 Å². The van der Waals surface area contributed by atoms with Crippen LogP contribution in [0.2, 0.25) is 0 Å². The second-order valence-corrected chi connectivity index (χ2v) is 9.36. The average Bonchev–Trinajstić information content (AvgIpc) is 3.23. The zero-order chi connectivity index (χ0) is 24.1. The molecule has 0 saturated carbocycles. The quantitative estimate of drug-likeness (QED) is 0.465. The van der Waals surface area contributed by atoms with E-state index in [4.69, 9.17) is 15.5 Å². The largest absolute Gasteiger partial charge is 0.457 e. The molecule has 4 rings (SSSR count). The molecule has 9 nitrogen and oxygen atoms in total. The van der Waals surface area contributed by atoms with Crippen molar-refractivity contribution in [1.29, 1.82) is 0 Å². The average molecular weight is 468 g/mol. The zero-order valence-corrected chi connectivity index (χ0v) is 20.6. The van der Waals surface area contributed by atoms with E-state index in [0.717, 1.165) is 42.5 Å². The van der Waals surface area contributed by atoms with Crippen LogP contribution in [0, 0.1) is 12.8 Å². The summed E-state index contributed by atoms with van der Waals surface area (Å²) >= 11 is 0. The van der Waals surface area contributed by atoms with Gasteiger partial charge in [0.15, 0.2) is 11.5 Å². The summed E-state index contributed by atoms with van der Waals surface area (Å²) in [4.78, 5) is 15.9. The molecule has 1 atom stereocenters. The van der Waals surface area contributed by atoms with Gasteiger partial charge in [-0.05, 0) is 43.2 Å². The number of anilines is 2. The fraction of sp³-hybridized carbons (Fsp3) is 0.600. The Hall–Kier alpha value is -2.94. The predicted octanol–water partition coefficient (Wildman–Crippen LogP) is 3.56. The summed E-state index contributed by atoms with van der Waals surface area (Å²) in [6, 6.07) is 2.35. The molecule has 3 aromatic rings. The van der Waals surface area contributed by atoms with Gasteiger partial charge in [0.25, 0.3) is 0 Å². The van der Waals surface area contributed by atoms with Gasteiger partial charge in [0.2, 0.25) is 0 Å². The number of ether oxygens (including phenoxy) is 1. The lowest BCUT2D eigenvalue weighted by atomic mass is 9.92. The SMILES string of the molecule is CCCC1CCN(c2ncc(Cc3cnc4c(N)nc(OC(CO)CCC)nn34)cc2C)CC1. The maximum atomic E-state index is 9.55. The number of hydrogen-bond acceptors (Lipinski definition) is 8. The molecular weight excluding hydrogens is 430 g/mol. The van der Waals surface area contributed by atoms with Crippen molar-refractivity contribution in [2.75, 3.05) is 30.3 Å². The molecular formula is C25H37N7O2. The van der Waals surface area contributed by atoms with Gasteiger partial charge in [0.1, 0.15) is 11.9 Å². The highest BCUT2D eigenvalue weighted by Crippen LogP contribution is 2.27. The Morgan fingerprint density at radius 2 is 1.97 bits per heavy atom. The molecule has 34 heavy (non-hydrogen) atoms. The van der Waals surface area contributed by atoms with Crippen LogP contribution in [0.15, 0.2) is 18.5 Å². The predicted molar refractivity (Wildman–Crippen MR) is 133 cm³/mol. The summed E-state index contributed by atoms with van der Waals surface area (Å²) in [5, 5.41) is 14.0. The van der Waals surface area contributed by atoms with Crippen LogP contribution in [0.3, 0.4) is 0 Å². The topological polar surface area (TPSA) is 115 Å². The number of aliphatic hydroxyl groups is 1. The minimum atomic E-state index is -0.361. The monoisotopic (exact) mass is 467 g/mol. The number of aliphatic hydroxyl groups excluding tert-OH is 1. The minimum absolute atomic E-state index is 0.0977. The number of nitrogen functional groups attached to an aromatic ring is 1. The molecule has 3 N–H and O–H groups in total. The van der Waals surface area contributed by atoms with Crippen molar-refractivity contribution in [3.63, 3.8) is 0 Å². The van der Waals surface area contributed by atoms with Crippen molar-refractivity contribution >= 4 is 17.3 Å². The van der Waals surface area contributed by atoms with Gasteiger partial charge in [-0.2, -0.15) is 4.98 Å². The molecule has 4 heterocycles. The van der Waals surface area contributed by atoms with E-state index in [1.165, 1.54) is 31.2 Å². The normalized spacial score (nSPS) is 15.7. The van der Waals surface area contributed by atoms with Crippen molar-refractivity contribution < 1.29 is 9.84 Å². The molecule has 0 radical (unpaired) electrons. The van der Waals surface area contributed by atoms with Crippen molar-refractivity contribution in [1.82, 2.24) is 24.6 Å². The van der Waals surface area contributed by atoms with Crippen LogP contribution in [-0.4, -0.2) is 55.5 Å². The highest BCUT2D eigenvalue weighted by atomic mass is 16.5. The molecule has 0 aromatic carbocycles. The molecule has 1 aliphatic rings. The first-order valence-corrected chi connectivity index (χ1v) is 12.5. The third-order valence-corrected chi connectivity index (χ3v) is 6.63. The highest BCUT2D eigenvalue weighted by molar-refractivity contribution is 5.60. The molecule has 0 bridgehead atoms. The van der Waals surface area contributed by atoms with E-state index in [-0.39, 0.29) is 24.5 Å². The first-order chi connectivity index (χ1) is 16.5. The fourth-order valence-corrected chi connectivity index (χ4v) is 4.86. The molecule has 1 aliphatic heterocycles. The summed E-state index contributed by atoms with van der Waals surface area (Å²) in [5.41, 5.74) is 9.75. The van der Waals surface area contributed by atoms with E-state index in [2.05, 4.69) is 39.9 Å². The van der Waals surface area contributed by atoms with E-state index >= 15 is 0 Å². The van der Waals surface area contributed by atoms with Crippen LogP contribution in [0.4, 0.5) is 11.6 Å². The minimum Gasteiger partial charge on any atom is -0.457 e. The standard InChI is InChI=1S/C25H37N7O2/c1-4-6-18-8-10-31(11-9-18)23-17(3)12-19(14-27-23)13-20-15-28-24-22(26)29-25(30-32(20)24)34-21(16-33)7-5-2/h12,14-15,18,21,33H,4-11,13,16H2,1-3H3,(H2,26,29,30). The van der Waals surface area contributed by atoms with Crippen molar-refractivity contribution in [2.24, 2.45) is 5.92 Å². The van der Waals surface area contributed by atoms with E-state index in [1.807, 2.05) is 13.1 Å². The molecule has 1 fully saturated rings. The maximum Gasteiger partial charge on any atom is 0.336 e. The van der Waals surface area contributed by atoms with Crippen LogP contribution in [0.1, 0.15) is 69.2 Å². The second-order valence-electron chi connectivity index (χ2n) is 9.36. The molecule has 0 spiro atoms. The highest BCUT2D eigenvalue weighted by Gasteiger charge is 2.21. The van der Waals surface area contributed by atoms with Crippen LogP contribution >= 0.6 is 0 Å². The molecule has 0 aliphatic carbocycles. The van der Waals surface area contributed by atoms with Crippen LogP contribution in [0.5, 0.6) is 6.01 Å². The van der Waals surface area contributed by atoms with Gasteiger partial charge in [-0.15, -0.1) is 5.10 Å². The van der Waals surface area contributed by atoms with Crippen molar-refractivity contribution in [3.05, 3.63) is 35.3 Å². The summed E-state index contributed by atoms with van der Waals surface area (Å²) in [6.07, 6.45) is 10.7. The van der Waals surface area contributed by atoms with E-state index in [9.17, 15) is 5.11 Å². The number of hydrogen-bond donors (Lipinski definition) is 2. The summed E-state index contributed by atoms with van der Waals surface area (Å²) in [7, 11) is 0. The summed E-state index contributed by atoms with van der Waals surface area (Å²) in [6.45, 7) is 8.50. The van der Waals surface area contributed by atoms with Crippen LogP contribution < -0.4 is 15.4 Å². The molecule has 184 valence electrons. The molecule has 1 unspecified atom stereocenters. The Labute approximate surface area is 201 Å². The Morgan fingerprint density at radius 1 is 1.18 bits per heavy atom. The number of nitrogens with two attached hydrogens (primary N) is 1. The molecule has 1 saturated heterocycles. The van der Waals surface area contributed by atoms with Crippen molar-refractivity contribution in [2.45, 2.75) is 71.8 Å². The summed E-state index contributed by atoms with van der Waals surface area (Å²) in [5.74, 6) is 2.19. The number of fused-ring (bicyclic) bond motifs is 1. The molecule has 3 aromatic heterocycles. The second kappa shape index (κ2) is 11.0. The Morgan fingerprint density at radius 3 is 2.65 bits per heavy atom. The number of piperidine rings is 1. The molecule has 9 heteroatoms. The van der Waals surface area contributed by atoms with E-state index < -0.39 is 0 Å². The smallest absolute Gasteiger partial charge is 0.336 e. The van der Waals surface area contributed by atoms with Gasteiger partial charge in [-0.25, -0.2) is 14.5 Å². The summed E-state index contributed by atoms with van der Waals surface area (Å²) < 4.78 is 7.45. The van der Waals surface area contributed by atoms with Gasteiger partial charge in [-0.3, -0.25) is 0 Å². The zero-order valence-electron chi connectivity index (χ0n) is 20.6. The van der Waals surface area contributed by atoms with Crippen LogP contribution in [0.25, 0.3) is 5.65 Å². The maximum absolute atomic E-state index is 9.55. The first kappa shape index (κ1) is 24.2. The number of rotatable bonds is 10. The molecule has 0 amide bonds.